The predicted molar refractivity (Wildman–Crippen MR) is 101 cm³/mol. The fourth-order valence-electron chi connectivity index (χ4n) is 3.66. The summed E-state index contributed by atoms with van der Waals surface area (Å²) in [6, 6.07) is 5.27. The molecular weight excluding hydrogens is 354 g/mol. The zero-order valence-corrected chi connectivity index (χ0v) is 15.8. The molecule has 0 saturated carbocycles. The lowest BCUT2D eigenvalue weighted by Crippen LogP contribution is -2.49. The van der Waals surface area contributed by atoms with Crippen LogP contribution in [0.4, 0.5) is 0 Å². The summed E-state index contributed by atoms with van der Waals surface area (Å²) < 4.78 is 5.28. The van der Waals surface area contributed by atoms with Gasteiger partial charge in [-0.2, -0.15) is 0 Å². The third kappa shape index (κ3) is 4.48. The molecule has 2 N–H and O–H groups in total. The van der Waals surface area contributed by atoms with E-state index in [9.17, 15) is 9.59 Å². The van der Waals surface area contributed by atoms with Crippen molar-refractivity contribution in [3.05, 3.63) is 28.8 Å². The number of piperidine rings is 2. The standard InChI is InChI=1S/C19H26ClN3O3/c1-26-17-5-4-14(20)11-16(17)19(25)23-9-6-13(7-10-23)18(24)22-15-3-2-8-21-12-15/h4-5,11,13,15,21H,2-3,6-10,12H2,1H3,(H,22,24)/t15-/m0/s1. The number of likely N-dealkylation sites (tertiary alicyclic amines) is 1. The maximum absolute atomic E-state index is 12.8. The van der Waals surface area contributed by atoms with Crippen molar-refractivity contribution in [1.82, 2.24) is 15.5 Å². The number of nitrogens with zero attached hydrogens (tertiary/aromatic N) is 1. The fraction of sp³-hybridized carbons (Fsp3) is 0.579. The Kier molecular flexibility index (Phi) is 6.38. The summed E-state index contributed by atoms with van der Waals surface area (Å²) in [6.07, 6.45) is 3.49. The second-order valence-electron chi connectivity index (χ2n) is 6.96. The van der Waals surface area contributed by atoms with E-state index in [2.05, 4.69) is 10.6 Å². The van der Waals surface area contributed by atoms with Crippen LogP contribution in [-0.2, 0) is 4.79 Å². The molecule has 2 heterocycles. The molecule has 2 amide bonds. The lowest BCUT2D eigenvalue weighted by atomic mass is 9.94. The summed E-state index contributed by atoms with van der Waals surface area (Å²) in [5.74, 6) is 0.511. The van der Waals surface area contributed by atoms with Crippen LogP contribution in [0.15, 0.2) is 18.2 Å². The molecule has 7 heteroatoms. The largest absolute Gasteiger partial charge is 0.496 e. The molecule has 0 aromatic heterocycles. The number of hydrogen-bond acceptors (Lipinski definition) is 4. The number of carbonyl (C=O) groups excluding carboxylic acids is 2. The Bertz CT molecular complexity index is 653. The summed E-state index contributed by atoms with van der Waals surface area (Å²) in [4.78, 5) is 27.1. The topological polar surface area (TPSA) is 70.7 Å². The quantitative estimate of drug-likeness (QED) is 0.840. The highest BCUT2D eigenvalue weighted by Gasteiger charge is 2.30. The van der Waals surface area contributed by atoms with Gasteiger partial charge >= 0.3 is 0 Å². The van der Waals surface area contributed by atoms with Crippen LogP contribution in [0.25, 0.3) is 0 Å². The van der Waals surface area contributed by atoms with E-state index < -0.39 is 0 Å². The Morgan fingerprint density at radius 2 is 2.04 bits per heavy atom. The zero-order chi connectivity index (χ0) is 18.5. The van der Waals surface area contributed by atoms with Crippen molar-refractivity contribution in [2.24, 2.45) is 5.92 Å². The van der Waals surface area contributed by atoms with Crippen LogP contribution in [0.2, 0.25) is 5.02 Å². The van der Waals surface area contributed by atoms with Gasteiger partial charge in [0.25, 0.3) is 5.91 Å². The minimum atomic E-state index is -0.0975. The Labute approximate surface area is 159 Å². The highest BCUT2D eigenvalue weighted by atomic mass is 35.5. The van der Waals surface area contributed by atoms with Gasteiger partial charge in [0.1, 0.15) is 5.75 Å². The van der Waals surface area contributed by atoms with Crippen LogP contribution in [-0.4, -0.2) is 56.0 Å². The second-order valence-corrected chi connectivity index (χ2v) is 7.40. The number of nitrogens with one attached hydrogen (secondary N) is 2. The van der Waals surface area contributed by atoms with Gasteiger partial charge < -0.3 is 20.3 Å². The van der Waals surface area contributed by atoms with E-state index >= 15 is 0 Å². The molecule has 2 aliphatic rings. The fourth-order valence-corrected chi connectivity index (χ4v) is 3.83. The van der Waals surface area contributed by atoms with Gasteiger partial charge in [0, 0.05) is 36.6 Å². The average molecular weight is 380 g/mol. The molecule has 6 nitrogen and oxygen atoms in total. The smallest absolute Gasteiger partial charge is 0.257 e. The number of methoxy groups -OCH3 is 1. The van der Waals surface area contributed by atoms with Crippen molar-refractivity contribution in [3.63, 3.8) is 0 Å². The van der Waals surface area contributed by atoms with Gasteiger partial charge in [-0.15, -0.1) is 0 Å². The Morgan fingerprint density at radius 3 is 2.69 bits per heavy atom. The van der Waals surface area contributed by atoms with Gasteiger partial charge in [-0.25, -0.2) is 0 Å². The van der Waals surface area contributed by atoms with Gasteiger partial charge in [0.15, 0.2) is 0 Å². The van der Waals surface area contributed by atoms with E-state index in [1.54, 1.807) is 23.1 Å². The number of carbonyl (C=O) groups is 2. The van der Waals surface area contributed by atoms with Crippen LogP contribution < -0.4 is 15.4 Å². The van der Waals surface area contributed by atoms with Gasteiger partial charge in [0.2, 0.25) is 5.91 Å². The minimum Gasteiger partial charge on any atom is -0.496 e. The van der Waals surface area contributed by atoms with Gasteiger partial charge in [-0.1, -0.05) is 11.6 Å². The van der Waals surface area contributed by atoms with Crippen molar-refractivity contribution < 1.29 is 14.3 Å². The number of halogens is 1. The number of ether oxygens (including phenoxy) is 1. The first-order chi connectivity index (χ1) is 12.6. The van der Waals surface area contributed by atoms with Crippen LogP contribution in [0.3, 0.4) is 0 Å². The van der Waals surface area contributed by atoms with E-state index in [-0.39, 0.29) is 23.8 Å². The van der Waals surface area contributed by atoms with E-state index in [0.29, 0.717) is 42.3 Å². The second kappa shape index (κ2) is 8.73. The molecule has 0 radical (unpaired) electrons. The first kappa shape index (κ1) is 19.0. The van der Waals surface area contributed by atoms with Crippen LogP contribution in [0.1, 0.15) is 36.0 Å². The molecule has 26 heavy (non-hydrogen) atoms. The molecule has 2 fully saturated rings. The molecule has 2 saturated heterocycles. The molecule has 1 aromatic rings. The van der Waals surface area contributed by atoms with Gasteiger partial charge in [0.05, 0.1) is 12.7 Å². The first-order valence-corrected chi connectivity index (χ1v) is 9.60. The van der Waals surface area contributed by atoms with Crippen molar-refractivity contribution in [1.29, 1.82) is 0 Å². The average Bonchev–Trinajstić information content (AvgIpc) is 2.68. The summed E-state index contributed by atoms with van der Waals surface area (Å²) in [6.45, 7) is 3.00. The van der Waals surface area contributed by atoms with E-state index in [4.69, 9.17) is 16.3 Å². The lowest BCUT2D eigenvalue weighted by molar-refractivity contribution is -0.127. The van der Waals surface area contributed by atoms with Gasteiger partial charge in [-0.05, 0) is 50.4 Å². The summed E-state index contributed by atoms with van der Waals surface area (Å²) in [7, 11) is 1.54. The normalized spacial score (nSPS) is 21.3. The van der Waals surface area contributed by atoms with Crippen LogP contribution in [0.5, 0.6) is 5.75 Å². The molecule has 0 bridgehead atoms. The van der Waals surface area contributed by atoms with Crippen molar-refractivity contribution in [3.8, 4) is 5.75 Å². The first-order valence-electron chi connectivity index (χ1n) is 9.22. The van der Waals surface area contributed by atoms with Crippen molar-refractivity contribution in [2.75, 3.05) is 33.3 Å². The molecule has 2 aliphatic heterocycles. The molecule has 1 atom stereocenters. The maximum atomic E-state index is 12.8. The van der Waals surface area contributed by atoms with E-state index in [1.165, 1.54) is 7.11 Å². The van der Waals surface area contributed by atoms with E-state index in [0.717, 1.165) is 25.9 Å². The monoisotopic (exact) mass is 379 g/mol. The molecule has 3 rings (SSSR count). The number of hydrogen-bond donors (Lipinski definition) is 2. The SMILES string of the molecule is COc1ccc(Cl)cc1C(=O)N1CCC(C(=O)N[C@H]2CCCNC2)CC1. The third-order valence-electron chi connectivity index (χ3n) is 5.19. The lowest BCUT2D eigenvalue weighted by Gasteiger charge is -2.33. The highest BCUT2D eigenvalue weighted by molar-refractivity contribution is 6.31. The predicted octanol–water partition coefficient (Wildman–Crippen LogP) is 2.07. The Hall–Kier alpha value is -1.79. The molecule has 0 spiro atoms. The minimum absolute atomic E-state index is 0.0257. The van der Waals surface area contributed by atoms with Crippen LogP contribution >= 0.6 is 11.6 Å². The highest BCUT2D eigenvalue weighted by Crippen LogP contribution is 2.26. The van der Waals surface area contributed by atoms with E-state index in [1.807, 2.05) is 0 Å². The maximum Gasteiger partial charge on any atom is 0.257 e. The third-order valence-corrected chi connectivity index (χ3v) is 5.42. The summed E-state index contributed by atoms with van der Waals surface area (Å²) in [5, 5.41) is 6.96. The molecule has 0 aliphatic carbocycles. The molecule has 1 aromatic carbocycles. The Balaban J connectivity index is 1.55. The molecule has 142 valence electrons. The number of benzene rings is 1. The molecule has 0 unspecified atom stereocenters. The van der Waals surface area contributed by atoms with Crippen molar-refractivity contribution in [2.45, 2.75) is 31.7 Å². The zero-order valence-electron chi connectivity index (χ0n) is 15.1. The summed E-state index contributed by atoms with van der Waals surface area (Å²) >= 11 is 6.03. The van der Waals surface area contributed by atoms with Gasteiger partial charge in [-0.3, -0.25) is 9.59 Å². The number of amides is 2. The summed E-state index contributed by atoms with van der Waals surface area (Å²) in [5.41, 5.74) is 0.469. The Morgan fingerprint density at radius 1 is 1.27 bits per heavy atom. The van der Waals surface area contributed by atoms with Crippen LogP contribution in [0, 0.1) is 5.92 Å². The molecular formula is C19H26ClN3O3. The number of rotatable bonds is 4. The van der Waals surface area contributed by atoms with Crippen molar-refractivity contribution >= 4 is 23.4 Å².